The van der Waals surface area contributed by atoms with Crippen molar-refractivity contribution in [2.24, 2.45) is 0 Å². The molecule has 23 heavy (non-hydrogen) atoms. The quantitative estimate of drug-likeness (QED) is 0.832. The van der Waals surface area contributed by atoms with Crippen LogP contribution in [0.1, 0.15) is 18.1 Å². The van der Waals surface area contributed by atoms with Gasteiger partial charge in [-0.2, -0.15) is 13.2 Å². The highest BCUT2D eigenvalue weighted by Crippen LogP contribution is 2.40. The molecule has 0 aliphatic carbocycles. The Morgan fingerprint density at radius 3 is 2.35 bits per heavy atom. The zero-order chi connectivity index (χ0) is 16.8. The van der Waals surface area contributed by atoms with Crippen molar-refractivity contribution in [3.8, 4) is 0 Å². The fourth-order valence-corrected chi connectivity index (χ4v) is 4.84. The number of fused-ring (bicyclic) bond motifs is 1. The molecular weight excluding hydrogens is 327 g/mol. The number of para-hydroxylation sites is 1. The topological polar surface area (TPSA) is 37.4 Å². The van der Waals surface area contributed by atoms with Crippen molar-refractivity contribution in [3.63, 3.8) is 0 Å². The summed E-state index contributed by atoms with van der Waals surface area (Å²) in [6.45, 7) is 1.69. The molecule has 1 aliphatic heterocycles. The third kappa shape index (κ3) is 2.59. The minimum atomic E-state index is -4.73. The fourth-order valence-electron chi connectivity index (χ4n) is 2.94. The van der Waals surface area contributed by atoms with E-state index in [2.05, 4.69) is 0 Å². The van der Waals surface area contributed by atoms with Crippen LogP contribution in [-0.4, -0.2) is 14.5 Å². The summed E-state index contributed by atoms with van der Waals surface area (Å²) >= 11 is 0. The second-order valence-corrected chi connectivity index (χ2v) is 7.26. The minimum Gasteiger partial charge on any atom is -0.263 e. The number of hydrogen-bond acceptors (Lipinski definition) is 2. The minimum absolute atomic E-state index is 0.432. The number of halogens is 3. The Hall–Kier alpha value is -2.02. The molecule has 0 spiro atoms. The van der Waals surface area contributed by atoms with Gasteiger partial charge in [0.15, 0.2) is 0 Å². The van der Waals surface area contributed by atoms with E-state index in [9.17, 15) is 21.6 Å². The molecule has 0 bridgehead atoms. The summed E-state index contributed by atoms with van der Waals surface area (Å²) in [5, 5.41) is 0. The predicted molar refractivity (Wildman–Crippen MR) is 80.7 cm³/mol. The monoisotopic (exact) mass is 341 g/mol. The van der Waals surface area contributed by atoms with E-state index in [0.29, 0.717) is 12.1 Å². The largest absolute Gasteiger partial charge is 0.417 e. The molecule has 2 aromatic carbocycles. The Balaban J connectivity index is 2.18. The van der Waals surface area contributed by atoms with E-state index >= 15 is 0 Å². The molecular formula is C16H14F3NO2S. The summed E-state index contributed by atoms with van der Waals surface area (Å²) < 4.78 is 66.4. The third-order valence-corrected chi connectivity index (χ3v) is 5.86. The first-order valence-corrected chi connectivity index (χ1v) is 8.45. The maximum atomic E-state index is 13.2. The molecule has 3 nitrogen and oxygen atoms in total. The van der Waals surface area contributed by atoms with Gasteiger partial charge in [0.05, 0.1) is 16.1 Å². The van der Waals surface area contributed by atoms with Gasteiger partial charge in [0.2, 0.25) is 0 Å². The van der Waals surface area contributed by atoms with Gasteiger partial charge in [0.25, 0.3) is 10.0 Å². The molecule has 122 valence electrons. The molecule has 1 aliphatic rings. The standard InChI is InChI=1S/C16H14F3NO2S/c1-11-10-12-6-2-4-8-14(12)20(11)23(21,22)15-9-5-3-7-13(15)16(17,18)19/h2-9,11H,10H2,1H3/t11-/m0/s1. The Kier molecular flexibility index (Phi) is 3.63. The van der Waals surface area contributed by atoms with Crippen molar-refractivity contribution >= 4 is 15.7 Å². The van der Waals surface area contributed by atoms with E-state index < -0.39 is 32.7 Å². The lowest BCUT2D eigenvalue weighted by Gasteiger charge is -2.26. The van der Waals surface area contributed by atoms with Gasteiger partial charge in [-0.3, -0.25) is 4.31 Å². The van der Waals surface area contributed by atoms with Gasteiger partial charge in [-0.15, -0.1) is 0 Å². The maximum absolute atomic E-state index is 13.2. The highest BCUT2D eigenvalue weighted by molar-refractivity contribution is 7.93. The molecule has 0 fully saturated rings. The zero-order valence-corrected chi connectivity index (χ0v) is 13.0. The van der Waals surface area contributed by atoms with Crippen LogP contribution in [0.2, 0.25) is 0 Å². The lowest BCUT2D eigenvalue weighted by atomic mass is 10.1. The highest BCUT2D eigenvalue weighted by atomic mass is 32.2. The van der Waals surface area contributed by atoms with Crippen LogP contribution in [0, 0.1) is 0 Å². The average molecular weight is 341 g/mol. The van der Waals surface area contributed by atoms with Gasteiger partial charge >= 0.3 is 6.18 Å². The Morgan fingerprint density at radius 1 is 1.04 bits per heavy atom. The molecule has 0 radical (unpaired) electrons. The zero-order valence-electron chi connectivity index (χ0n) is 12.2. The first kappa shape index (κ1) is 15.9. The number of benzene rings is 2. The van der Waals surface area contributed by atoms with Crippen LogP contribution in [-0.2, 0) is 22.6 Å². The molecule has 0 amide bonds. The van der Waals surface area contributed by atoms with Gasteiger partial charge < -0.3 is 0 Å². The van der Waals surface area contributed by atoms with Crippen molar-refractivity contribution < 1.29 is 21.6 Å². The number of anilines is 1. The first-order chi connectivity index (χ1) is 10.7. The molecule has 1 atom stereocenters. The van der Waals surface area contributed by atoms with Crippen LogP contribution in [0.15, 0.2) is 53.4 Å². The van der Waals surface area contributed by atoms with Crippen LogP contribution >= 0.6 is 0 Å². The van der Waals surface area contributed by atoms with Crippen molar-refractivity contribution in [1.82, 2.24) is 0 Å². The van der Waals surface area contributed by atoms with Gasteiger partial charge in [-0.25, -0.2) is 8.42 Å². The van der Waals surface area contributed by atoms with Crippen molar-refractivity contribution in [3.05, 3.63) is 59.7 Å². The first-order valence-electron chi connectivity index (χ1n) is 7.01. The summed E-state index contributed by atoms with van der Waals surface area (Å²) in [6.07, 6.45) is -4.25. The van der Waals surface area contributed by atoms with Crippen LogP contribution in [0.4, 0.5) is 18.9 Å². The second kappa shape index (κ2) is 5.26. The van der Waals surface area contributed by atoms with Gasteiger partial charge in [0.1, 0.15) is 0 Å². The number of rotatable bonds is 2. The van der Waals surface area contributed by atoms with E-state index in [1.165, 1.54) is 12.1 Å². The summed E-state index contributed by atoms with van der Waals surface area (Å²) in [6, 6.07) is 10.7. The normalized spacial score (nSPS) is 18.1. The molecule has 0 unspecified atom stereocenters. The summed E-state index contributed by atoms with van der Waals surface area (Å²) in [7, 11) is -4.30. The van der Waals surface area contributed by atoms with E-state index in [1.54, 1.807) is 31.2 Å². The lowest BCUT2D eigenvalue weighted by Crippen LogP contribution is -2.36. The molecule has 1 heterocycles. The Labute approximate surface area is 132 Å². The van der Waals surface area contributed by atoms with Crippen molar-refractivity contribution in [2.75, 3.05) is 4.31 Å². The Morgan fingerprint density at radius 2 is 1.65 bits per heavy atom. The van der Waals surface area contributed by atoms with Crippen LogP contribution in [0.3, 0.4) is 0 Å². The SMILES string of the molecule is C[C@H]1Cc2ccccc2N1S(=O)(=O)c1ccccc1C(F)(F)F. The third-order valence-electron chi connectivity index (χ3n) is 3.87. The molecule has 0 N–H and O–H groups in total. The van der Waals surface area contributed by atoms with Gasteiger partial charge in [0, 0.05) is 6.04 Å². The number of sulfonamides is 1. The smallest absolute Gasteiger partial charge is 0.263 e. The maximum Gasteiger partial charge on any atom is 0.417 e. The van der Waals surface area contributed by atoms with E-state index in [-0.39, 0.29) is 0 Å². The molecule has 0 saturated carbocycles. The van der Waals surface area contributed by atoms with Gasteiger partial charge in [-0.1, -0.05) is 30.3 Å². The van der Waals surface area contributed by atoms with E-state index in [4.69, 9.17) is 0 Å². The van der Waals surface area contributed by atoms with Gasteiger partial charge in [-0.05, 0) is 37.1 Å². The average Bonchev–Trinajstić information content (AvgIpc) is 2.82. The predicted octanol–water partition coefficient (Wildman–Crippen LogP) is 3.85. The second-order valence-electron chi connectivity index (χ2n) is 5.48. The molecule has 0 aromatic heterocycles. The number of hydrogen-bond donors (Lipinski definition) is 0. The summed E-state index contributed by atoms with van der Waals surface area (Å²) in [5.74, 6) is 0. The summed E-state index contributed by atoms with van der Waals surface area (Å²) in [4.78, 5) is -0.712. The van der Waals surface area contributed by atoms with Crippen molar-refractivity contribution in [2.45, 2.75) is 30.5 Å². The molecule has 2 aromatic rings. The van der Waals surface area contributed by atoms with E-state index in [0.717, 1.165) is 22.0 Å². The number of nitrogens with zero attached hydrogens (tertiary/aromatic N) is 1. The highest BCUT2D eigenvalue weighted by Gasteiger charge is 2.42. The number of alkyl halides is 3. The van der Waals surface area contributed by atoms with Crippen LogP contribution in [0.25, 0.3) is 0 Å². The van der Waals surface area contributed by atoms with Crippen molar-refractivity contribution in [1.29, 1.82) is 0 Å². The van der Waals surface area contributed by atoms with Crippen LogP contribution in [0.5, 0.6) is 0 Å². The molecule has 3 rings (SSSR count). The molecule has 0 saturated heterocycles. The molecule has 7 heteroatoms. The van der Waals surface area contributed by atoms with E-state index in [1.807, 2.05) is 0 Å². The van der Waals surface area contributed by atoms with Crippen LogP contribution < -0.4 is 4.31 Å². The lowest BCUT2D eigenvalue weighted by molar-refractivity contribution is -0.139. The summed E-state index contributed by atoms with van der Waals surface area (Å²) in [5.41, 5.74) is 0.113. The Bertz CT molecular complexity index is 846. The fraction of sp³-hybridized carbons (Fsp3) is 0.250.